The standard InChI is InChI=1S/C24H22ClF6N3O3S/c1-37-20(35)22(10-3-11-38-2)13-34(21(36)32-16-7-5-15(6-8-16)23(26,27)28)33-19(22)14-4-9-17(18(25)12-14)24(29,30)31/h4-9,12H,3,10-11,13H2,1-2H3,(H,32,36). The van der Waals surface area contributed by atoms with E-state index in [1.54, 1.807) is 0 Å². The third-order valence-electron chi connectivity index (χ3n) is 5.87. The summed E-state index contributed by atoms with van der Waals surface area (Å²) in [6.45, 7) is -0.311. The number of amides is 2. The largest absolute Gasteiger partial charge is 0.468 e. The molecule has 1 aliphatic heterocycles. The predicted molar refractivity (Wildman–Crippen MR) is 132 cm³/mol. The van der Waals surface area contributed by atoms with Crippen LogP contribution in [0.2, 0.25) is 5.02 Å². The summed E-state index contributed by atoms with van der Waals surface area (Å²) in [5.74, 6) is -0.115. The van der Waals surface area contributed by atoms with E-state index in [0.717, 1.165) is 54.6 Å². The lowest BCUT2D eigenvalue weighted by molar-refractivity contribution is -0.149. The molecule has 206 valence electrons. The first-order chi connectivity index (χ1) is 17.7. The Morgan fingerprint density at radius 1 is 1.11 bits per heavy atom. The smallest absolute Gasteiger partial charge is 0.417 e. The van der Waals surface area contributed by atoms with Crippen LogP contribution in [0, 0.1) is 5.41 Å². The van der Waals surface area contributed by atoms with E-state index >= 15 is 0 Å². The second-order valence-corrected chi connectivity index (χ2v) is 9.77. The zero-order valence-electron chi connectivity index (χ0n) is 20.0. The van der Waals surface area contributed by atoms with Crippen molar-refractivity contribution in [3.05, 3.63) is 64.2 Å². The molecule has 1 heterocycles. The highest BCUT2D eigenvalue weighted by atomic mass is 35.5. The van der Waals surface area contributed by atoms with Crippen LogP contribution in [-0.2, 0) is 21.9 Å². The number of methoxy groups -OCH3 is 1. The zero-order valence-corrected chi connectivity index (χ0v) is 21.6. The van der Waals surface area contributed by atoms with Crippen molar-refractivity contribution in [3.63, 3.8) is 0 Å². The summed E-state index contributed by atoms with van der Waals surface area (Å²) in [5, 5.41) is 6.95. The molecule has 0 aromatic heterocycles. The Bertz CT molecular complexity index is 1220. The van der Waals surface area contributed by atoms with Gasteiger partial charge in [0.15, 0.2) is 0 Å². The summed E-state index contributed by atoms with van der Waals surface area (Å²) < 4.78 is 83.3. The molecule has 2 aromatic rings. The number of thioether (sulfide) groups is 1. The molecule has 2 aromatic carbocycles. The number of halogens is 7. The number of anilines is 1. The molecule has 0 bridgehead atoms. The van der Waals surface area contributed by atoms with Crippen LogP contribution in [0.25, 0.3) is 0 Å². The van der Waals surface area contributed by atoms with Gasteiger partial charge in [0, 0.05) is 11.3 Å². The Hall–Kier alpha value is -2.93. The Morgan fingerprint density at radius 2 is 1.76 bits per heavy atom. The first kappa shape index (κ1) is 29.6. The summed E-state index contributed by atoms with van der Waals surface area (Å²) >= 11 is 7.42. The second kappa shape index (κ2) is 11.4. The molecule has 0 radical (unpaired) electrons. The third-order valence-corrected chi connectivity index (χ3v) is 6.88. The molecular formula is C24H22ClF6N3O3S. The summed E-state index contributed by atoms with van der Waals surface area (Å²) in [7, 11) is 1.14. The minimum absolute atomic E-state index is 0.0105. The van der Waals surface area contributed by atoms with Crippen LogP contribution in [0.1, 0.15) is 29.5 Å². The van der Waals surface area contributed by atoms with Gasteiger partial charge in [-0.2, -0.15) is 43.2 Å². The number of alkyl halides is 6. The number of carbonyl (C=O) groups excluding carboxylic acids is 2. The molecule has 0 aliphatic carbocycles. The van der Waals surface area contributed by atoms with Gasteiger partial charge in [-0.25, -0.2) is 9.80 Å². The predicted octanol–water partition coefficient (Wildman–Crippen LogP) is 6.93. The fourth-order valence-corrected chi connectivity index (χ4v) is 4.75. The highest BCUT2D eigenvalue weighted by Gasteiger charge is 2.52. The quantitative estimate of drug-likeness (QED) is 0.219. The van der Waals surface area contributed by atoms with E-state index in [9.17, 15) is 35.9 Å². The van der Waals surface area contributed by atoms with Gasteiger partial charge in [-0.3, -0.25) is 4.79 Å². The second-order valence-electron chi connectivity index (χ2n) is 8.37. The van der Waals surface area contributed by atoms with Gasteiger partial charge in [-0.1, -0.05) is 17.7 Å². The van der Waals surface area contributed by atoms with Crippen LogP contribution >= 0.6 is 23.4 Å². The van der Waals surface area contributed by atoms with Crippen LogP contribution < -0.4 is 5.32 Å². The molecule has 0 saturated carbocycles. The van der Waals surface area contributed by atoms with Crippen LogP contribution in [0.5, 0.6) is 0 Å². The van der Waals surface area contributed by atoms with E-state index in [4.69, 9.17) is 16.3 Å². The van der Waals surface area contributed by atoms with Crippen LogP contribution in [0.15, 0.2) is 47.6 Å². The van der Waals surface area contributed by atoms with E-state index in [2.05, 4.69) is 10.4 Å². The monoisotopic (exact) mass is 581 g/mol. The molecular weight excluding hydrogens is 560 g/mol. The summed E-state index contributed by atoms with van der Waals surface area (Å²) in [6.07, 6.45) is -6.77. The Morgan fingerprint density at radius 3 is 2.29 bits per heavy atom. The molecule has 1 atom stereocenters. The average Bonchev–Trinajstić information content (AvgIpc) is 3.23. The highest BCUT2D eigenvalue weighted by molar-refractivity contribution is 7.98. The lowest BCUT2D eigenvalue weighted by Gasteiger charge is -2.28. The number of carbonyl (C=O) groups is 2. The average molecular weight is 582 g/mol. The normalized spacial score (nSPS) is 17.8. The van der Waals surface area contributed by atoms with Gasteiger partial charge in [0.2, 0.25) is 0 Å². The number of esters is 1. The number of hydrogen-bond acceptors (Lipinski definition) is 5. The lowest BCUT2D eigenvalue weighted by Crippen LogP contribution is -2.44. The third kappa shape index (κ3) is 6.37. The molecule has 0 spiro atoms. The molecule has 2 amide bonds. The number of hydrogen-bond donors (Lipinski definition) is 1. The maximum absolute atomic E-state index is 13.2. The number of benzene rings is 2. The summed E-state index contributed by atoms with van der Waals surface area (Å²) in [5.41, 5.74) is -3.40. The summed E-state index contributed by atoms with van der Waals surface area (Å²) in [4.78, 5) is 26.1. The van der Waals surface area contributed by atoms with E-state index in [0.29, 0.717) is 12.2 Å². The topological polar surface area (TPSA) is 71.0 Å². The maximum atomic E-state index is 13.2. The molecule has 1 unspecified atom stereocenters. The molecule has 6 nitrogen and oxygen atoms in total. The number of ether oxygens (including phenoxy) is 1. The summed E-state index contributed by atoms with van der Waals surface area (Å²) in [6, 6.07) is 5.72. The number of rotatable bonds is 7. The van der Waals surface area contributed by atoms with Crippen LogP contribution in [-0.4, -0.2) is 48.4 Å². The first-order valence-electron chi connectivity index (χ1n) is 11.0. The van der Waals surface area contributed by atoms with Crippen molar-refractivity contribution in [1.82, 2.24) is 5.01 Å². The Labute approximate surface area is 223 Å². The SMILES string of the molecule is COC(=O)C1(CCCSC)CN(C(=O)Nc2ccc(C(F)(F)F)cc2)N=C1c1ccc(C(F)(F)F)c(Cl)c1. The maximum Gasteiger partial charge on any atom is 0.417 e. The Kier molecular flexibility index (Phi) is 8.92. The van der Waals surface area contributed by atoms with Gasteiger partial charge in [-0.05, 0) is 61.2 Å². The lowest BCUT2D eigenvalue weighted by atomic mass is 9.76. The van der Waals surface area contributed by atoms with Crippen molar-refractivity contribution in [2.24, 2.45) is 10.5 Å². The molecule has 14 heteroatoms. The number of nitrogens with zero attached hydrogens (tertiary/aromatic N) is 2. The molecule has 0 saturated heterocycles. The van der Waals surface area contributed by atoms with Gasteiger partial charge in [0.1, 0.15) is 5.41 Å². The Balaban J connectivity index is 2.00. The molecule has 38 heavy (non-hydrogen) atoms. The van der Waals surface area contributed by atoms with Gasteiger partial charge in [-0.15, -0.1) is 0 Å². The van der Waals surface area contributed by atoms with Gasteiger partial charge in [0.25, 0.3) is 0 Å². The minimum atomic E-state index is -4.71. The molecule has 1 N–H and O–H groups in total. The molecule has 1 aliphatic rings. The fourth-order valence-electron chi connectivity index (χ4n) is 4.03. The van der Waals surface area contributed by atoms with Crippen molar-refractivity contribution in [2.75, 3.05) is 31.0 Å². The van der Waals surface area contributed by atoms with Gasteiger partial charge >= 0.3 is 24.4 Å². The fraction of sp³-hybridized carbons (Fsp3) is 0.375. The van der Waals surface area contributed by atoms with Crippen molar-refractivity contribution in [1.29, 1.82) is 0 Å². The van der Waals surface area contributed by atoms with E-state index in [1.807, 2.05) is 6.26 Å². The van der Waals surface area contributed by atoms with E-state index < -0.39 is 45.9 Å². The highest BCUT2D eigenvalue weighted by Crippen LogP contribution is 2.41. The van der Waals surface area contributed by atoms with E-state index in [1.165, 1.54) is 11.8 Å². The number of hydrazone groups is 1. The van der Waals surface area contributed by atoms with E-state index in [-0.39, 0.29) is 29.9 Å². The minimum Gasteiger partial charge on any atom is -0.468 e. The molecule has 0 fully saturated rings. The number of urea groups is 1. The van der Waals surface area contributed by atoms with Gasteiger partial charge < -0.3 is 10.1 Å². The zero-order chi connectivity index (χ0) is 28.3. The van der Waals surface area contributed by atoms with Crippen LogP contribution in [0.4, 0.5) is 36.8 Å². The van der Waals surface area contributed by atoms with Crippen molar-refractivity contribution in [2.45, 2.75) is 25.2 Å². The molecule has 3 rings (SSSR count). The van der Waals surface area contributed by atoms with Crippen molar-refractivity contribution >= 4 is 46.8 Å². The number of nitrogens with one attached hydrogen (secondary N) is 1. The van der Waals surface area contributed by atoms with Gasteiger partial charge in [0.05, 0.1) is 35.5 Å². The van der Waals surface area contributed by atoms with Crippen molar-refractivity contribution < 1.29 is 40.7 Å². The van der Waals surface area contributed by atoms with Crippen LogP contribution in [0.3, 0.4) is 0 Å². The van der Waals surface area contributed by atoms with Crippen molar-refractivity contribution in [3.8, 4) is 0 Å². The first-order valence-corrected chi connectivity index (χ1v) is 12.8.